The Morgan fingerprint density at radius 1 is 1.11 bits per heavy atom. The number of aliphatic hydroxyl groups is 2. The van der Waals surface area contributed by atoms with Crippen molar-refractivity contribution < 1.29 is 24.4 Å². The number of unbranched alkanes of at least 4 members (excludes halogenated alkanes) is 1. The number of rotatable bonds is 6. The molecule has 0 radical (unpaired) electrons. The van der Waals surface area contributed by atoms with E-state index in [0.717, 1.165) is 32.1 Å². The smallest absolute Gasteiger partial charge is 0.190 e. The highest BCUT2D eigenvalue weighted by molar-refractivity contribution is 4.94. The van der Waals surface area contributed by atoms with Gasteiger partial charge in [0.25, 0.3) is 0 Å². The van der Waals surface area contributed by atoms with Crippen molar-refractivity contribution in [2.75, 3.05) is 6.61 Å². The summed E-state index contributed by atoms with van der Waals surface area (Å²) < 4.78 is 17.3. The van der Waals surface area contributed by atoms with Gasteiger partial charge in [-0.1, -0.05) is 26.7 Å². The fraction of sp³-hybridized carbons (Fsp3) is 1.00. The molecule has 2 N–H and O–H groups in total. The van der Waals surface area contributed by atoms with E-state index in [1.54, 1.807) is 0 Å². The van der Waals surface area contributed by atoms with Crippen molar-refractivity contribution in [3.63, 3.8) is 0 Å². The van der Waals surface area contributed by atoms with Gasteiger partial charge in [0.05, 0.1) is 6.61 Å². The Morgan fingerprint density at radius 3 is 2.44 bits per heavy atom. The molecule has 0 aliphatic carbocycles. The number of hydrogen-bond acceptors (Lipinski definition) is 5. The monoisotopic (exact) mass is 260 g/mol. The van der Waals surface area contributed by atoms with Crippen molar-refractivity contribution in [2.45, 2.75) is 76.3 Å². The molecule has 0 aromatic carbocycles. The highest BCUT2D eigenvalue weighted by Gasteiger charge is 2.56. The van der Waals surface area contributed by atoms with Gasteiger partial charge in [0.2, 0.25) is 0 Å². The van der Waals surface area contributed by atoms with Crippen LogP contribution in [0.3, 0.4) is 0 Å². The third-order valence-corrected chi connectivity index (χ3v) is 3.70. The Hall–Kier alpha value is -0.200. The van der Waals surface area contributed by atoms with Crippen LogP contribution in [0.1, 0.15) is 46.0 Å². The molecule has 5 atom stereocenters. The van der Waals surface area contributed by atoms with E-state index in [9.17, 15) is 5.11 Å². The molecule has 0 bridgehead atoms. The lowest BCUT2D eigenvalue weighted by atomic mass is 10.0. The largest absolute Gasteiger partial charge is 0.394 e. The average molecular weight is 260 g/mol. The standard InChI is InChI=1S/C13H24O5/c1-3-5-7-13(6-4-2)17-11-10(15)9(8-14)16-12(11)18-13/h9-12,14-15H,3-8H2,1-2H3/t9-,10+,11-,12-,13?/m1/s1. The summed E-state index contributed by atoms with van der Waals surface area (Å²) in [5.74, 6) is -0.610. The van der Waals surface area contributed by atoms with Crippen LogP contribution in [0.2, 0.25) is 0 Å². The molecular weight excluding hydrogens is 236 g/mol. The lowest BCUT2D eigenvalue weighted by molar-refractivity contribution is -0.243. The van der Waals surface area contributed by atoms with Gasteiger partial charge >= 0.3 is 0 Å². The molecule has 2 rings (SSSR count). The van der Waals surface area contributed by atoms with Crippen LogP contribution in [0, 0.1) is 0 Å². The van der Waals surface area contributed by atoms with Crippen LogP contribution >= 0.6 is 0 Å². The molecular formula is C13H24O5. The maximum absolute atomic E-state index is 9.99. The Balaban J connectivity index is 2.01. The van der Waals surface area contributed by atoms with E-state index in [1.807, 2.05) is 0 Å². The molecule has 2 heterocycles. The van der Waals surface area contributed by atoms with Crippen molar-refractivity contribution >= 4 is 0 Å². The third kappa shape index (κ3) is 2.56. The Bertz CT molecular complexity index is 272. The van der Waals surface area contributed by atoms with E-state index in [2.05, 4.69) is 13.8 Å². The zero-order valence-corrected chi connectivity index (χ0v) is 11.2. The van der Waals surface area contributed by atoms with E-state index in [1.165, 1.54) is 0 Å². The Kier molecular flexibility index (Phi) is 4.61. The Labute approximate surface area is 108 Å². The van der Waals surface area contributed by atoms with Crippen LogP contribution in [0.5, 0.6) is 0 Å². The van der Waals surface area contributed by atoms with E-state index in [0.29, 0.717) is 0 Å². The third-order valence-electron chi connectivity index (χ3n) is 3.70. The van der Waals surface area contributed by atoms with Gasteiger partial charge in [-0.25, -0.2) is 0 Å². The number of aliphatic hydroxyl groups excluding tert-OH is 2. The van der Waals surface area contributed by atoms with Crippen molar-refractivity contribution in [1.29, 1.82) is 0 Å². The number of ether oxygens (including phenoxy) is 3. The molecule has 2 saturated heterocycles. The molecule has 1 unspecified atom stereocenters. The summed E-state index contributed by atoms with van der Waals surface area (Å²) in [6, 6.07) is 0. The second-order valence-electron chi connectivity index (χ2n) is 5.18. The van der Waals surface area contributed by atoms with E-state index in [4.69, 9.17) is 19.3 Å². The van der Waals surface area contributed by atoms with Crippen LogP contribution in [-0.4, -0.2) is 47.2 Å². The van der Waals surface area contributed by atoms with Crippen LogP contribution in [0.15, 0.2) is 0 Å². The van der Waals surface area contributed by atoms with Gasteiger partial charge in [-0.15, -0.1) is 0 Å². The quantitative estimate of drug-likeness (QED) is 0.750. The second kappa shape index (κ2) is 5.84. The summed E-state index contributed by atoms with van der Waals surface area (Å²) in [5, 5.41) is 19.1. The summed E-state index contributed by atoms with van der Waals surface area (Å²) in [7, 11) is 0. The molecule has 0 aromatic rings. The van der Waals surface area contributed by atoms with E-state index >= 15 is 0 Å². The lowest BCUT2D eigenvalue weighted by Gasteiger charge is -2.30. The van der Waals surface area contributed by atoms with Crippen molar-refractivity contribution in [3.8, 4) is 0 Å². The number of fused-ring (bicyclic) bond motifs is 1. The summed E-state index contributed by atoms with van der Waals surface area (Å²) in [4.78, 5) is 0. The normalized spacial score (nSPS) is 43.3. The summed E-state index contributed by atoms with van der Waals surface area (Å²) in [6.45, 7) is 4.00. The average Bonchev–Trinajstić information content (AvgIpc) is 2.84. The van der Waals surface area contributed by atoms with Crippen LogP contribution < -0.4 is 0 Å². The lowest BCUT2D eigenvalue weighted by Crippen LogP contribution is -2.38. The van der Waals surface area contributed by atoms with Crippen molar-refractivity contribution in [3.05, 3.63) is 0 Å². The van der Waals surface area contributed by atoms with Gasteiger partial charge in [-0.2, -0.15) is 0 Å². The van der Waals surface area contributed by atoms with Crippen molar-refractivity contribution in [1.82, 2.24) is 0 Å². The minimum absolute atomic E-state index is 0.212. The molecule has 5 heteroatoms. The fourth-order valence-corrected chi connectivity index (χ4v) is 2.75. The molecule has 106 valence electrons. The summed E-state index contributed by atoms with van der Waals surface area (Å²) >= 11 is 0. The molecule has 5 nitrogen and oxygen atoms in total. The molecule has 18 heavy (non-hydrogen) atoms. The van der Waals surface area contributed by atoms with Gasteiger partial charge in [0.1, 0.15) is 18.3 Å². The maximum Gasteiger partial charge on any atom is 0.190 e. The van der Waals surface area contributed by atoms with Gasteiger partial charge in [-0.3, -0.25) is 0 Å². The highest BCUT2D eigenvalue weighted by atomic mass is 16.8. The van der Waals surface area contributed by atoms with Gasteiger partial charge < -0.3 is 24.4 Å². The molecule has 0 aromatic heterocycles. The van der Waals surface area contributed by atoms with Crippen molar-refractivity contribution in [2.24, 2.45) is 0 Å². The fourth-order valence-electron chi connectivity index (χ4n) is 2.75. The molecule has 2 aliphatic rings. The zero-order valence-electron chi connectivity index (χ0n) is 11.2. The first kappa shape index (κ1) is 14.2. The molecule has 0 spiro atoms. The summed E-state index contributed by atoms with van der Waals surface area (Å²) in [6.07, 6.45) is 2.29. The first-order valence-corrected chi connectivity index (χ1v) is 6.96. The van der Waals surface area contributed by atoms with Gasteiger partial charge in [0.15, 0.2) is 12.1 Å². The Morgan fingerprint density at radius 2 is 1.89 bits per heavy atom. The van der Waals surface area contributed by atoms with E-state index in [-0.39, 0.29) is 6.61 Å². The molecule has 2 aliphatic heterocycles. The molecule has 0 amide bonds. The maximum atomic E-state index is 9.99. The van der Waals surface area contributed by atoms with Crippen LogP contribution in [-0.2, 0) is 14.2 Å². The molecule has 0 saturated carbocycles. The first-order valence-electron chi connectivity index (χ1n) is 6.96. The van der Waals surface area contributed by atoms with Gasteiger partial charge in [0, 0.05) is 12.8 Å². The van der Waals surface area contributed by atoms with Crippen LogP contribution in [0.25, 0.3) is 0 Å². The SMILES string of the molecule is CCCCC1(CCC)O[C@H]2O[C@H](CO)[C@H](O)[C@H]2O1. The highest BCUT2D eigenvalue weighted by Crippen LogP contribution is 2.42. The first-order chi connectivity index (χ1) is 8.65. The second-order valence-corrected chi connectivity index (χ2v) is 5.18. The molecule has 2 fully saturated rings. The minimum atomic E-state index is -0.805. The topological polar surface area (TPSA) is 68.2 Å². The van der Waals surface area contributed by atoms with Gasteiger partial charge in [-0.05, 0) is 6.42 Å². The number of hydrogen-bond donors (Lipinski definition) is 2. The van der Waals surface area contributed by atoms with E-state index < -0.39 is 30.4 Å². The predicted molar refractivity (Wildman–Crippen MR) is 64.9 cm³/mol. The summed E-state index contributed by atoms with van der Waals surface area (Å²) in [5.41, 5.74) is 0. The predicted octanol–water partition coefficient (Wildman–Crippen LogP) is 1.17. The zero-order chi connectivity index (χ0) is 13.2. The van der Waals surface area contributed by atoms with Crippen LogP contribution in [0.4, 0.5) is 0 Å². The minimum Gasteiger partial charge on any atom is -0.394 e.